The minimum absolute atomic E-state index is 0.291. The van der Waals surface area contributed by atoms with Crippen molar-refractivity contribution < 1.29 is 8.78 Å². The summed E-state index contributed by atoms with van der Waals surface area (Å²) in [5, 5.41) is 4.07. The van der Waals surface area contributed by atoms with Crippen molar-refractivity contribution in [1.82, 2.24) is 9.78 Å². The number of benzene rings is 1. The van der Waals surface area contributed by atoms with Gasteiger partial charge in [0.05, 0.1) is 18.8 Å². The fourth-order valence-electron chi connectivity index (χ4n) is 1.67. The van der Waals surface area contributed by atoms with Crippen LogP contribution in [-0.4, -0.2) is 9.78 Å². The van der Waals surface area contributed by atoms with Crippen LogP contribution in [0, 0.1) is 18.6 Å². The zero-order valence-corrected chi connectivity index (χ0v) is 9.40. The topological polar surface area (TPSA) is 43.8 Å². The van der Waals surface area contributed by atoms with Gasteiger partial charge in [0.1, 0.15) is 11.6 Å². The molecule has 1 aromatic heterocycles. The van der Waals surface area contributed by atoms with Gasteiger partial charge in [0.2, 0.25) is 0 Å². The fraction of sp³-hybridized carbons (Fsp3) is 0.250. The maximum atomic E-state index is 13.5. The molecule has 1 aromatic carbocycles. The summed E-state index contributed by atoms with van der Waals surface area (Å²) in [5.41, 5.74) is 7.17. The van der Waals surface area contributed by atoms with E-state index >= 15 is 0 Å². The van der Waals surface area contributed by atoms with Crippen molar-refractivity contribution in [3.8, 4) is 0 Å². The molecule has 0 saturated carbocycles. The molecule has 0 spiro atoms. The number of aryl methyl sites for hydroxylation is 1. The summed E-state index contributed by atoms with van der Waals surface area (Å²) >= 11 is 0. The number of hydrogen-bond acceptors (Lipinski definition) is 2. The van der Waals surface area contributed by atoms with E-state index < -0.39 is 17.7 Å². The van der Waals surface area contributed by atoms with Crippen molar-refractivity contribution in [2.24, 2.45) is 5.73 Å². The molecule has 90 valence electrons. The van der Waals surface area contributed by atoms with Gasteiger partial charge < -0.3 is 5.73 Å². The molecule has 0 aliphatic rings. The summed E-state index contributed by atoms with van der Waals surface area (Å²) in [5.74, 6) is -1.23. The third-order valence-corrected chi connectivity index (χ3v) is 2.51. The van der Waals surface area contributed by atoms with Gasteiger partial charge >= 0.3 is 0 Å². The second kappa shape index (κ2) is 4.63. The van der Waals surface area contributed by atoms with Crippen LogP contribution in [0.4, 0.5) is 8.78 Å². The Morgan fingerprint density at radius 3 is 2.76 bits per heavy atom. The molecule has 2 N–H and O–H groups in total. The zero-order valence-electron chi connectivity index (χ0n) is 9.40. The summed E-state index contributed by atoms with van der Waals surface area (Å²) in [7, 11) is 0. The normalized spacial score (nSPS) is 12.7. The SMILES string of the molecule is Cc1cnn(CC(N)c2ccc(F)cc2F)c1. The Hall–Kier alpha value is -1.75. The van der Waals surface area contributed by atoms with Gasteiger partial charge in [0.25, 0.3) is 0 Å². The lowest BCUT2D eigenvalue weighted by Gasteiger charge is -2.13. The Morgan fingerprint density at radius 2 is 2.18 bits per heavy atom. The lowest BCUT2D eigenvalue weighted by Crippen LogP contribution is -2.19. The highest BCUT2D eigenvalue weighted by molar-refractivity contribution is 5.21. The molecular weight excluding hydrogens is 224 g/mol. The highest BCUT2D eigenvalue weighted by atomic mass is 19.1. The van der Waals surface area contributed by atoms with Gasteiger partial charge in [0.15, 0.2) is 0 Å². The highest BCUT2D eigenvalue weighted by Crippen LogP contribution is 2.17. The quantitative estimate of drug-likeness (QED) is 0.889. The predicted octanol–water partition coefficient (Wildman–Crippen LogP) is 2.17. The van der Waals surface area contributed by atoms with Crippen molar-refractivity contribution in [3.63, 3.8) is 0 Å². The minimum Gasteiger partial charge on any atom is -0.322 e. The van der Waals surface area contributed by atoms with E-state index in [0.29, 0.717) is 12.1 Å². The molecule has 0 bridgehead atoms. The average molecular weight is 237 g/mol. The first-order chi connectivity index (χ1) is 8.06. The molecule has 0 fully saturated rings. The molecule has 0 saturated heterocycles. The van der Waals surface area contributed by atoms with Gasteiger partial charge in [-0.3, -0.25) is 4.68 Å². The van der Waals surface area contributed by atoms with E-state index in [1.165, 1.54) is 12.1 Å². The van der Waals surface area contributed by atoms with Crippen molar-refractivity contribution in [2.45, 2.75) is 19.5 Å². The van der Waals surface area contributed by atoms with E-state index in [1.807, 2.05) is 13.1 Å². The molecule has 1 heterocycles. The largest absolute Gasteiger partial charge is 0.322 e. The molecule has 3 nitrogen and oxygen atoms in total. The molecule has 5 heteroatoms. The first-order valence-electron chi connectivity index (χ1n) is 5.26. The summed E-state index contributed by atoms with van der Waals surface area (Å²) in [6.07, 6.45) is 3.52. The standard InChI is InChI=1S/C12H13F2N3/c1-8-5-16-17(6-8)7-12(15)10-3-2-9(13)4-11(10)14/h2-6,12H,7,15H2,1H3. The van der Waals surface area contributed by atoms with Crippen LogP contribution in [0.5, 0.6) is 0 Å². The molecular formula is C12H13F2N3. The van der Waals surface area contributed by atoms with E-state index in [0.717, 1.165) is 11.6 Å². The van der Waals surface area contributed by atoms with Crippen LogP contribution in [0.15, 0.2) is 30.6 Å². The first-order valence-corrected chi connectivity index (χ1v) is 5.26. The zero-order chi connectivity index (χ0) is 12.4. The van der Waals surface area contributed by atoms with Crippen LogP contribution in [0.2, 0.25) is 0 Å². The van der Waals surface area contributed by atoms with E-state index in [2.05, 4.69) is 5.10 Å². The lowest BCUT2D eigenvalue weighted by atomic mass is 10.1. The molecule has 0 aliphatic carbocycles. The third kappa shape index (κ3) is 2.68. The van der Waals surface area contributed by atoms with Gasteiger partial charge in [0, 0.05) is 17.8 Å². The molecule has 2 rings (SSSR count). The number of nitrogens with zero attached hydrogens (tertiary/aromatic N) is 2. The van der Waals surface area contributed by atoms with Gasteiger partial charge in [-0.2, -0.15) is 5.10 Å². The Balaban J connectivity index is 2.17. The average Bonchev–Trinajstić information content (AvgIpc) is 2.63. The Kier molecular flexibility index (Phi) is 3.19. The maximum Gasteiger partial charge on any atom is 0.130 e. The first kappa shape index (κ1) is 11.7. The predicted molar refractivity (Wildman–Crippen MR) is 60.3 cm³/mol. The van der Waals surface area contributed by atoms with E-state index in [9.17, 15) is 8.78 Å². The van der Waals surface area contributed by atoms with Crippen molar-refractivity contribution in [3.05, 3.63) is 53.4 Å². The molecule has 0 radical (unpaired) electrons. The molecule has 1 atom stereocenters. The van der Waals surface area contributed by atoms with Crippen LogP contribution in [-0.2, 0) is 6.54 Å². The van der Waals surface area contributed by atoms with E-state index in [-0.39, 0.29) is 0 Å². The molecule has 17 heavy (non-hydrogen) atoms. The number of halogens is 2. The van der Waals surface area contributed by atoms with Gasteiger partial charge in [-0.05, 0) is 18.6 Å². The van der Waals surface area contributed by atoms with Gasteiger partial charge in [-0.25, -0.2) is 8.78 Å². The van der Waals surface area contributed by atoms with Crippen LogP contribution >= 0.6 is 0 Å². The monoisotopic (exact) mass is 237 g/mol. The fourth-order valence-corrected chi connectivity index (χ4v) is 1.67. The second-order valence-corrected chi connectivity index (χ2v) is 4.01. The number of rotatable bonds is 3. The number of nitrogens with two attached hydrogens (primary N) is 1. The van der Waals surface area contributed by atoms with Gasteiger partial charge in [-0.15, -0.1) is 0 Å². The smallest absolute Gasteiger partial charge is 0.130 e. The summed E-state index contributed by atoms with van der Waals surface area (Å²) in [6.45, 7) is 2.27. The summed E-state index contributed by atoms with van der Waals surface area (Å²) < 4.78 is 27.8. The molecule has 1 unspecified atom stereocenters. The Labute approximate surface area is 97.9 Å². The minimum atomic E-state index is -0.624. The highest BCUT2D eigenvalue weighted by Gasteiger charge is 2.13. The Morgan fingerprint density at radius 1 is 1.41 bits per heavy atom. The van der Waals surface area contributed by atoms with Crippen LogP contribution in [0.25, 0.3) is 0 Å². The van der Waals surface area contributed by atoms with Gasteiger partial charge in [-0.1, -0.05) is 6.07 Å². The molecule has 2 aromatic rings. The summed E-state index contributed by atoms with van der Waals surface area (Å²) in [4.78, 5) is 0. The van der Waals surface area contributed by atoms with Crippen molar-refractivity contribution in [1.29, 1.82) is 0 Å². The third-order valence-electron chi connectivity index (χ3n) is 2.51. The summed E-state index contributed by atoms with van der Waals surface area (Å²) in [6, 6.07) is 2.86. The van der Waals surface area contributed by atoms with Crippen molar-refractivity contribution >= 4 is 0 Å². The number of hydrogen-bond donors (Lipinski definition) is 1. The van der Waals surface area contributed by atoms with Crippen LogP contribution in [0.3, 0.4) is 0 Å². The number of aromatic nitrogens is 2. The maximum absolute atomic E-state index is 13.5. The molecule has 0 aliphatic heterocycles. The Bertz CT molecular complexity index is 522. The second-order valence-electron chi connectivity index (χ2n) is 4.01. The molecule has 0 amide bonds. The van der Waals surface area contributed by atoms with E-state index in [1.54, 1.807) is 10.9 Å². The van der Waals surface area contributed by atoms with Crippen LogP contribution in [0.1, 0.15) is 17.2 Å². The van der Waals surface area contributed by atoms with E-state index in [4.69, 9.17) is 5.73 Å². The van der Waals surface area contributed by atoms with Crippen molar-refractivity contribution in [2.75, 3.05) is 0 Å². The lowest BCUT2D eigenvalue weighted by molar-refractivity contribution is 0.496. The van der Waals surface area contributed by atoms with Crippen LogP contribution < -0.4 is 5.73 Å².